The van der Waals surface area contributed by atoms with Gasteiger partial charge in [0.2, 0.25) is 0 Å². The number of methoxy groups -OCH3 is 2. The minimum absolute atomic E-state index is 0. The highest BCUT2D eigenvalue weighted by Gasteiger charge is 2.32. The normalized spacial score (nSPS) is 22.5. The number of nitrogens with zero attached hydrogens (tertiary/aromatic N) is 2. The van der Waals surface area contributed by atoms with E-state index in [0.29, 0.717) is 6.61 Å². The van der Waals surface area contributed by atoms with Crippen LogP contribution in [-0.4, -0.2) is 77.2 Å². The van der Waals surface area contributed by atoms with Crippen molar-refractivity contribution in [1.82, 2.24) is 10.2 Å². The fourth-order valence-electron chi connectivity index (χ4n) is 3.71. The minimum Gasteiger partial charge on any atom is -0.497 e. The van der Waals surface area contributed by atoms with Crippen LogP contribution < -0.4 is 14.8 Å². The van der Waals surface area contributed by atoms with Gasteiger partial charge in [0, 0.05) is 33.3 Å². The molecule has 2 aliphatic heterocycles. The number of ether oxygens (including phenoxy) is 4. The molecule has 0 amide bonds. The summed E-state index contributed by atoms with van der Waals surface area (Å²) in [5, 5.41) is 3.47. The first-order valence-electron chi connectivity index (χ1n) is 9.65. The minimum atomic E-state index is 0. The van der Waals surface area contributed by atoms with E-state index in [0.717, 1.165) is 68.5 Å². The second kappa shape index (κ2) is 11.7. The average Bonchev–Trinajstić information content (AvgIpc) is 3.26. The monoisotopic (exact) mass is 505 g/mol. The number of hydrogen-bond donors (Lipinski definition) is 1. The van der Waals surface area contributed by atoms with Crippen molar-refractivity contribution in [2.24, 2.45) is 4.99 Å². The lowest BCUT2D eigenvalue weighted by Crippen LogP contribution is -2.53. The third-order valence-electron chi connectivity index (χ3n) is 5.15. The molecule has 2 atom stereocenters. The highest BCUT2D eigenvalue weighted by atomic mass is 127. The van der Waals surface area contributed by atoms with Gasteiger partial charge in [0.25, 0.3) is 0 Å². The molecule has 2 saturated heterocycles. The third-order valence-corrected chi connectivity index (χ3v) is 5.15. The van der Waals surface area contributed by atoms with E-state index in [4.69, 9.17) is 18.9 Å². The molecule has 1 N–H and O–H groups in total. The highest BCUT2D eigenvalue weighted by Crippen LogP contribution is 2.24. The van der Waals surface area contributed by atoms with E-state index in [1.165, 1.54) is 0 Å². The summed E-state index contributed by atoms with van der Waals surface area (Å²) >= 11 is 0. The van der Waals surface area contributed by atoms with Crippen molar-refractivity contribution < 1.29 is 18.9 Å². The van der Waals surface area contributed by atoms with Crippen LogP contribution in [0.15, 0.2) is 23.2 Å². The first-order chi connectivity index (χ1) is 13.2. The summed E-state index contributed by atoms with van der Waals surface area (Å²) in [6.45, 7) is 3.96. The zero-order valence-corrected chi connectivity index (χ0v) is 19.3. The van der Waals surface area contributed by atoms with Gasteiger partial charge in [-0.15, -0.1) is 24.0 Å². The number of guanidine groups is 1. The number of hydrogen-bond acceptors (Lipinski definition) is 5. The van der Waals surface area contributed by atoms with Crippen molar-refractivity contribution in [2.45, 2.75) is 31.5 Å². The fraction of sp³-hybridized carbons (Fsp3) is 0.650. The number of benzene rings is 1. The third kappa shape index (κ3) is 5.87. The van der Waals surface area contributed by atoms with Crippen LogP contribution in [0.1, 0.15) is 18.4 Å². The van der Waals surface area contributed by atoms with Gasteiger partial charge in [-0.25, -0.2) is 0 Å². The predicted octanol–water partition coefficient (Wildman–Crippen LogP) is 2.32. The SMILES string of the molecule is CN=C(NCCc1cc(OC)ccc1OC)N1CCOC(C2CCCO2)C1.I. The number of halogens is 1. The molecule has 2 heterocycles. The lowest BCUT2D eigenvalue weighted by Gasteiger charge is -2.37. The van der Waals surface area contributed by atoms with Crippen LogP contribution in [0, 0.1) is 0 Å². The maximum Gasteiger partial charge on any atom is 0.193 e. The van der Waals surface area contributed by atoms with Gasteiger partial charge < -0.3 is 29.2 Å². The van der Waals surface area contributed by atoms with E-state index in [-0.39, 0.29) is 36.2 Å². The summed E-state index contributed by atoms with van der Waals surface area (Å²) in [6, 6.07) is 5.87. The maximum absolute atomic E-state index is 5.94. The zero-order valence-electron chi connectivity index (χ0n) is 17.0. The molecule has 2 aliphatic rings. The van der Waals surface area contributed by atoms with Gasteiger partial charge in [-0.05, 0) is 43.0 Å². The van der Waals surface area contributed by atoms with Crippen molar-refractivity contribution >= 4 is 29.9 Å². The molecular weight excluding hydrogens is 473 g/mol. The van der Waals surface area contributed by atoms with Crippen molar-refractivity contribution in [2.75, 3.05) is 54.1 Å². The standard InChI is InChI=1S/C20H31N3O4.HI/c1-21-20(23-10-12-27-19(14-23)18-5-4-11-26-18)22-9-8-15-13-16(24-2)6-7-17(15)25-3;/h6-7,13,18-19H,4-5,8-12,14H2,1-3H3,(H,21,22);1H. The van der Waals surface area contributed by atoms with Gasteiger partial charge >= 0.3 is 0 Å². The van der Waals surface area contributed by atoms with E-state index in [1.807, 2.05) is 25.2 Å². The molecule has 0 aliphatic carbocycles. The van der Waals surface area contributed by atoms with Crippen molar-refractivity contribution in [3.05, 3.63) is 23.8 Å². The smallest absolute Gasteiger partial charge is 0.193 e. The molecule has 1 aromatic rings. The summed E-state index contributed by atoms with van der Waals surface area (Å²) in [7, 11) is 5.19. The summed E-state index contributed by atoms with van der Waals surface area (Å²) in [5.74, 6) is 2.61. The van der Waals surface area contributed by atoms with Crippen molar-refractivity contribution in [3.8, 4) is 11.5 Å². The van der Waals surface area contributed by atoms with Crippen LogP contribution in [0.2, 0.25) is 0 Å². The van der Waals surface area contributed by atoms with E-state index < -0.39 is 0 Å². The van der Waals surface area contributed by atoms with Gasteiger partial charge in [0.15, 0.2) is 5.96 Å². The zero-order chi connectivity index (χ0) is 19.1. The van der Waals surface area contributed by atoms with Crippen LogP contribution in [0.5, 0.6) is 11.5 Å². The Morgan fingerprint density at radius 1 is 1.21 bits per heavy atom. The van der Waals surface area contributed by atoms with Crippen LogP contribution >= 0.6 is 24.0 Å². The topological polar surface area (TPSA) is 64.6 Å². The predicted molar refractivity (Wildman–Crippen MR) is 120 cm³/mol. The molecule has 158 valence electrons. The molecule has 8 heteroatoms. The van der Waals surface area contributed by atoms with Gasteiger partial charge in [-0.3, -0.25) is 4.99 Å². The molecule has 7 nitrogen and oxygen atoms in total. The lowest BCUT2D eigenvalue weighted by molar-refractivity contribution is -0.0816. The summed E-state index contributed by atoms with van der Waals surface area (Å²) in [6.07, 6.45) is 3.36. The summed E-state index contributed by atoms with van der Waals surface area (Å²) in [5.41, 5.74) is 1.11. The van der Waals surface area contributed by atoms with Gasteiger partial charge in [-0.1, -0.05) is 0 Å². The molecule has 2 fully saturated rings. The summed E-state index contributed by atoms with van der Waals surface area (Å²) in [4.78, 5) is 6.72. The first kappa shape index (κ1) is 23.0. The molecule has 28 heavy (non-hydrogen) atoms. The van der Waals surface area contributed by atoms with E-state index >= 15 is 0 Å². The molecule has 0 spiro atoms. The molecule has 3 rings (SSSR count). The lowest BCUT2D eigenvalue weighted by atomic mass is 10.1. The van der Waals surface area contributed by atoms with Crippen molar-refractivity contribution in [1.29, 1.82) is 0 Å². The molecule has 0 saturated carbocycles. The number of nitrogens with one attached hydrogen (secondary N) is 1. The Kier molecular flexibility index (Phi) is 9.60. The molecule has 0 bridgehead atoms. The van der Waals surface area contributed by atoms with Gasteiger partial charge in [0.05, 0.1) is 26.9 Å². The fourth-order valence-corrected chi connectivity index (χ4v) is 3.71. The molecule has 0 radical (unpaired) electrons. The molecule has 0 aromatic heterocycles. The summed E-state index contributed by atoms with van der Waals surface area (Å²) < 4.78 is 22.5. The van der Waals surface area contributed by atoms with Crippen molar-refractivity contribution in [3.63, 3.8) is 0 Å². The second-order valence-electron chi connectivity index (χ2n) is 6.81. The molecular formula is C20H32IN3O4. The van der Waals surface area contributed by atoms with Gasteiger partial charge in [0.1, 0.15) is 17.6 Å². The quantitative estimate of drug-likeness (QED) is 0.364. The largest absolute Gasteiger partial charge is 0.497 e. The molecule has 1 aromatic carbocycles. The maximum atomic E-state index is 5.94. The number of morpholine rings is 1. The Labute approximate surface area is 184 Å². The Morgan fingerprint density at radius 2 is 2.04 bits per heavy atom. The number of rotatable bonds is 6. The number of aliphatic imine (C=N–C) groups is 1. The first-order valence-corrected chi connectivity index (χ1v) is 9.65. The highest BCUT2D eigenvalue weighted by molar-refractivity contribution is 14.0. The van der Waals surface area contributed by atoms with Gasteiger partial charge in [-0.2, -0.15) is 0 Å². The Bertz CT molecular complexity index is 638. The Balaban J connectivity index is 0.00000280. The van der Waals surface area contributed by atoms with Crippen LogP contribution in [0.25, 0.3) is 0 Å². The average molecular weight is 505 g/mol. The van der Waals surface area contributed by atoms with Crippen LogP contribution in [-0.2, 0) is 15.9 Å². The van der Waals surface area contributed by atoms with E-state index in [2.05, 4.69) is 15.2 Å². The Morgan fingerprint density at radius 3 is 2.71 bits per heavy atom. The molecule has 2 unspecified atom stereocenters. The second-order valence-corrected chi connectivity index (χ2v) is 6.81. The van der Waals surface area contributed by atoms with E-state index in [9.17, 15) is 0 Å². The van der Waals surface area contributed by atoms with Crippen LogP contribution in [0.3, 0.4) is 0 Å². The van der Waals surface area contributed by atoms with E-state index in [1.54, 1.807) is 14.2 Å². The van der Waals surface area contributed by atoms with Crippen LogP contribution in [0.4, 0.5) is 0 Å². The Hall–Kier alpha value is -1.26.